The lowest BCUT2D eigenvalue weighted by molar-refractivity contribution is 0.581. The molecule has 0 amide bonds. The van der Waals surface area contributed by atoms with Crippen LogP contribution in [0.5, 0.6) is 0 Å². The fraction of sp³-hybridized carbons (Fsp3) is 0.182. The quantitative estimate of drug-likeness (QED) is 0.876. The fourth-order valence-corrected chi connectivity index (χ4v) is 3.09. The van der Waals surface area contributed by atoms with Crippen molar-refractivity contribution in [1.82, 2.24) is 14.7 Å². The van der Waals surface area contributed by atoms with Gasteiger partial charge in [-0.1, -0.05) is 22.0 Å². The first-order valence-electron chi connectivity index (χ1n) is 5.30. The molecule has 0 radical (unpaired) electrons. The molecule has 2 N–H and O–H groups in total. The number of benzene rings is 1. The fourth-order valence-electron chi connectivity index (χ4n) is 1.46. The van der Waals surface area contributed by atoms with Gasteiger partial charge in [0.05, 0.1) is 11.2 Å². The second kappa shape index (κ2) is 5.64. The number of hydrogen-bond acceptors (Lipinski definition) is 3. The van der Waals surface area contributed by atoms with E-state index in [1.54, 1.807) is 36.8 Å². The minimum absolute atomic E-state index is 0.251. The molecule has 0 unspecified atom stereocenters. The van der Waals surface area contributed by atoms with E-state index in [0.717, 1.165) is 10.2 Å². The maximum absolute atomic E-state index is 12.0. The van der Waals surface area contributed by atoms with Gasteiger partial charge in [-0.3, -0.25) is 0 Å². The van der Waals surface area contributed by atoms with Crippen LogP contribution in [0.3, 0.4) is 0 Å². The van der Waals surface area contributed by atoms with Gasteiger partial charge in [0.15, 0.2) is 0 Å². The maximum atomic E-state index is 12.0. The summed E-state index contributed by atoms with van der Waals surface area (Å²) in [5.74, 6) is 0. The monoisotopic (exact) mass is 329 g/mol. The molecule has 0 saturated heterocycles. The molecule has 0 bridgehead atoms. The summed E-state index contributed by atoms with van der Waals surface area (Å²) >= 11 is 3.25. The number of hydrogen-bond donors (Lipinski definition) is 2. The van der Waals surface area contributed by atoms with Gasteiger partial charge in [-0.15, -0.1) is 0 Å². The summed E-state index contributed by atoms with van der Waals surface area (Å²) in [6.45, 7) is 0.330. The maximum Gasteiger partial charge on any atom is 0.240 e. The molecule has 7 heteroatoms. The molecule has 2 aromatic rings. The minimum Gasteiger partial charge on any atom is -0.348 e. The molecule has 1 heterocycles. The van der Waals surface area contributed by atoms with Crippen molar-refractivity contribution in [1.29, 1.82) is 0 Å². The first-order chi connectivity index (χ1) is 8.58. The molecular weight excluding hydrogens is 318 g/mol. The first-order valence-corrected chi connectivity index (χ1v) is 7.58. The van der Waals surface area contributed by atoms with Crippen molar-refractivity contribution in [2.45, 2.75) is 11.3 Å². The molecule has 18 heavy (non-hydrogen) atoms. The normalized spacial score (nSPS) is 11.6. The van der Waals surface area contributed by atoms with E-state index < -0.39 is 10.0 Å². The molecule has 0 spiro atoms. The van der Waals surface area contributed by atoms with E-state index in [0.29, 0.717) is 13.0 Å². The second-order valence-corrected chi connectivity index (χ2v) is 6.36. The molecule has 0 aliphatic carbocycles. The third kappa shape index (κ3) is 3.41. The summed E-state index contributed by atoms with van der Waals surface area (Å²) in [4.78, 5) is 7.04. The van der Waals surface area contributed by atoms with Gasteiger partial charge in [0.2, 0.25) is 10.0 Å². The zero-order valence-corrected chi connectivity index (χ0v) is 11.8. The van der Waals surface area contributed by atoms with Crippen LogP contribution in [-0.2, 0) is 16.4 Å². The van der Waals surface area contributed by atoms with Gasteiger partial charge in [-0.2, -0.15) is 0 Å². The highest BCUT2D eigenvalue weighted by molar-refractivity contribution is 9.10. The standard InChI is InChI=1S/C11H12BrN3O2S/c12-9-2-1-3-11(6-9)18(16,17)15-5-4-10-7-13-8-14-10/h1-3,6-8,15H,4-5H2,(H,13,14). The Morgan fingerprint density at radius 2 is 2.22 bits per heavy atom. The van der Waals surface area contributed by atoms with E-state index in [1.165, 1.54) is 0 Å². The molecule has 2 rings (SSSR count). The third-order valence-corrected chi connectivity index (χ3v) is 4.30. The zero-order valence-electron chi connectivity index (χ0n) is 9.43. The van der Waals surface area contributed by atoms with Crippen LogP contribution in [-0.4, -0.2) is 24.9 Å². The van der Waals surface area contributed by atoms with Crippen LogP contribution < -0.4 is 4.72 Å². The number of aromatic nitrogens is 2. The number of rotatable bonds is 5. The van der Waals surface area contributed by atoms with Gasteiger partial charge >= 0.3 is 0 Å². The molecule has 0 saturated carbocycles. The minimum atomic E-state index is -3.45. The molecular formula is C11H12BrN3O2S. The van der Waals surface area contributed by atoms with Crippen LogP contribution in [0.25, 0.3) is 0 Å². The SMILES string of the molecule is O=S(=O)(NCCc1cnc[nH]1)c1cccc(Br)c1. The summed E-state index contributed by atoms with van der Waals surface area (Å²) < 4.78 is 27.2. The number of halogens is 1. The van der Waals surface area contributed by atoms with Crippen LogP contribution in [0.1, 0.15) is 5.69 Å². The summed E-state index contributed by atoms with van der Waals surface area (Å²) in [6, 6.07) is 6.60. The predicted octanol–water partition coefficient (Wildman–Crippen LogP) is 1.69. The topological polar surface area (TPSA) is 74.8 Å². The van der Waals surface area contributed by atoms with Crippen LogP contribution >= 0.6 is 15.9 Å². The van der Waals surface area contributed by atoms with E-state index >= 15 is 0 Å². The van der Waals surface area contributed by atoms with Crippen LogP contribution in [0.15, 0.2) is 46.2 Å². The van der Waals surface area contributed by atoms with Crippen molar-refractivity contribution in [2.24, 2.45) is 0 Å². The Balaban J connectivity index is 1.99. The van der Waals surface area contributed by atoms with Crippen molar-refractivity contribution < 1.29 is 8.42 Å². The zero-order chi connectivity index (χ0) is 13.0. The van der Waals surface area contributed by atoms with Crippen LogP contribution in [0.4, 0.5) is 0 Å². The lowest BCUT2D eigenvalue weighted by atomic mass is 10.3. The summed E-state index contributed by atoms with van der Waals surface area (Å²) in [5, 5.41) is 0. The largest absolute Gasteiger partial charge is 0.348 e. The molecule has 0 atom stereocenters. The highest BCUT2D eigenvalue weighted by Crippen LogP contribution is 2.15. The number of imidazole rings is 1. The Morgan fingerprint density at radius 1 is 1.39 bits per heavy atom. The highest BCUT2D eigenvalue weighted by atomic mass is 79.9. The van der Waals surface area contributed by atoms with Gasteiger partial charge in [0.1, 0.15) is 0 Å². The van der Waals surface area contributed by atoms with Crippen molar-refractivity contribution in [2.75, 3.05) is 6.54 Å². The van der Waals surface area contributed by atoms with Crippen molar-refractivity contribution in [3.8, 4) is 0 Å². The van der Waals surface area contributed by atoms with E-state index in [4.69, 9.17) is 0 Å². The Labute approximate surface area is 114 Å². The lowest BCUT2D eigenvalue weighted by Gasteiger charge is -2.06. The average Bonchev–Trinajstić information content (AvgIpc) is 2.82. The summed E-state index contributed by atoms with van der Waals surface area (Å²) in [5.41, 5.74) is 0.895. The Morgan fingerprint density at radius 3 is 2.89 bits per heavy atom. The number of nitrogens with one attached hydrogen (secondary N) is 2. The number of sulfonamides is 1. The lowest BCUT2D eigenvalue weighted by Crippen LogP contribution is -2.26. The van der Waals surface area contributed by atoms with E-state index in [9.17, 15) is 8.42 Å². The number of H-pyrrole nitrogens is 1. The molecule has 0 aliphatic heterocycles. The van der Waals surface area contributed by atoms with Crippen molar-refractivity contribution in [3.05, 3.63) is 47.0 Å². The number of aromatic amines is 1. The van der Waals surface area contributed by atoms with Gasteiger partial charge in [0.25, 0.3) is 0 Å². The average molecular weight is 330 g/mol. The second-order valence-electron chi connectivity index (χ2n) is 3.68. The Bertz CT molecular complexity index is 611. The van der Waals surface area contributed by atoms with Gasteiger partial charge in [-0.05, 0) is 18.2 Å². The molecule has 1 aromatic heterocycles. The van der Waals surface area contributed by atoms with Crippen molar-refractivity contribution in [3.63, 3.8) is 0 Å². The molecule has 0 fully saturated rings. The van der Waals surface area contributed by atoms with Gasteiger partial charge in [0, 0.05) is 29.3 Å². The summed E-state index contributed by atoms with van der Waals surface area (Å²) in [7, 11) is -3.45. The number of nitrogens with zero attached hydrogens (tertiary/aromatic N) is 1. The molecule has 5 nitrogen and oxygen atoms in total. The highest BCUT2D eigenvalue weighted by Gasteiger charge is 2.13. The predicted molar refractivity (Wildman–Crippen MR) is 71.6 cm³/mol. The first kappa shape index (κ1) is 13.3. The molecule has 0 aliphatic rings. The Kier molecular flexibility index (Phi) is 4.15. The Hall–Kier alpha value is -1.18. The van der Waals surface area contributed by atoms with Crippen LogP contribution in [0.2, 0.25) is 0 Å². The van der Waals surface area contributed by atoms with Gasteiger partial charge < -0.3 is 4.98 Å². The van der Waals surface area contributed by atoms with E-state index in [2.05, 4.69) is 30.6 Å². The molecule has 96 valence electrons. The third-order valence-electron chi connectivity index (χ3n) is 2.35. The van der Waals surface area contributed by atoms with Crippen LogP contribution in [0, 0.1) is 0 Å². The van der Waals surface area contributed by atoms with Crippen molar-refractivity contribution >= 4 is 26.0 Å². The van der Waals surface area contributed by atoms with E-state index in [1.807, 2.05) is 0 Å². The van der Waals surface area contributed by atoms with E-state index in [-0.39, 0.29) is 4.90 Å². The molecule has 1 aromatic carbocycles. The smallest absolute Gasteiger partial charge is 0.240 e. The van der Waals surface area contributed by atoms with Gasteiger partial charge in [-0.25, -0.2) is 18.1 Å². The summed E-state index contributed by atoms with van der Waals surface area (Å²) in [6.07, 6.45) is 3.82.